The number of carbonyl (C=O) groups is 1. The molecule has 21 heavy (non-hydrogen) atoms. The number of rotatable bonds is 3. The van der Waals surface area contributed by atoms with Crippen molar-refractivity contribution in [1.29, 1.82) is 0 Å². The van der Waals surface area contributed by atoms with Crippen LogP contribution >= 0.6 is 11.6 Å². The van der Waals surface area contributed by atoms with E-state index in [1.807, 2.05) is 0 Å². The maximum atomic E-state index is 12.3. The molecule has 0 radical (unpaired) electrons. The molecule has 1 unspecified atom stereocenters. The second-order valence-electron chi connectivity index (χ2n) is 4.86. The van der Waals surface area contributed by atoms with Crippen LogP contribution in [0.1, 0.15) is 24.4 Å². The number of benzene rings is 1. The molecule has 0 saturated heterocycles. The fourth-order valence-corrected chi connectivity index (χ4v) is 2.25. The molecule has 0 aliphatic heterocycles. The molecule has 1 aromatic carbocycles. The summed E-state index contributed by atoms with van der Waals surface area (Å²) >= 11 is 5.80. The van der Waals surface area contributed by atoms with Crippen molar-refractivity contribution in [2.24, 2.45) is 0 Å². The van der Waals surface area contributed by atoms with Crippen LogP contribution in [0, 0.1) is 13.8 Å². The van der Waals surface area contributed by atoms with Crippen molar-refractivity contribution in [2.75, 3.05) is 5.32 Å². The van der Waals surface area contributed by atoms with Gasteiger partial charge in [0.1, 0.15) is 6.04 Å². The Morgan fingerprint density at radius 3 is 2.48 bits per heavy atom. The number of aryl methyl sites for hydroxylation is 2. The number of halogens is 1. The minimum atomic E-state index is -0.652. The Hall–Kier alpha value is -2.14. The van der Waals surface area contributed by atoms with Gasteiger partial charge in [0, 0.05) is 22.1 Å². The molecule has 1 amide bonds. The van der Waals surface area contributed by atoms with Gasteiger partial charge in [0.05, 0.1) is 0 Å². The maximum absolute atomic E-state index is 12.3. The molecule has 2 aromatic rings. The predicted molar refractivity (Wildman–Crippen MR) is 82.8 cm³/mol. The number of nitrogens with one attached hydrogen (secondary N) is 1. The first-order valence-electron chi connectivity index (χ1n) is 6.51. The summed E-state index contributed by atoms with van der Waals surface area (Å²) in [5, 5.41) is 3.34. The van der Waals surface area contributed by atoms with E-state index in [9.17, 15) is 9.59 Å². The monoisotopic (exact) mass is 305 g/mol. The lowest BCUT2D eigenvalue weighted by molar-refractivity contribution is -0.118. The normalized spacial score (nSPS) is 12.0. The van der Waals surface area contributed by atoms with Crippen LogP contribution in [0.3, 0.4) is 0 Å². The molecule has 1 atom stereocenters. The summed E-state index contributed by atoms with van der Waals surface area (Å²) in [6.07, 6.45) is 0. The number of amides is 1. The first-order valence-corrected chi connectivity index (χ1v) is 6.89. The minimum Gasteiger partial charge on any atom is -0.324 e. The molecule has 1 heterocycles. The van der Waals surface area contributed by atoms with Crippen LogP contribution < -0.4 is 11.0 Å². The summed E-state index contributed by atoms with van der Waals surface area (Å²) in [4.78, 5) is 28.1. The van der Waals surface area contributed by atoms with Crippen molar-refractivity contribution < 1.29 is 4.79 Å². The predicted octanol–water partition coefficient (Wildman–Crippen LogP) is 2.71. The van der Waals surface area contributed by atoms with E-state index in [2.05, 4.69) is 10.3 Å². The second kappa shape index (κ2) is 6.10. The van der Waals surface area contributed by atoms with E-state index in [0.717, 1.165) is 0 Å². The van der Waals surface area contributed by atoms with Crippen LogP contribution in [0.2, 0.25) is 5.02 Å². The third kappa shape index (κ3) is 3.49. The number of hydrogen-bond donors (Lipinski definition) is 1. The molecule has 0 spiro atoms. The topological polar surface area (TPSA) is 64.0 Å². The molecule has 1 N–H and O–H groups in total. The third-order valence-corrected chi connectivity index (χ3v) is 3.41. The summed E-state index contributed by atoms with van der Waals surface area (Å²) in [6, 6.07) is 7.90. The number of anilines is 1. The Balaban J connectivity index is 2.24. The largest absolute Gasteiger partial charge is 0.348 e. The van der Waals surface area contributed by atoms with Gasteiger partial charge in [-0.25, -0.2) is 4.79 Å². The minimum absolute atomic E-state index is 0.284. The first kappa shape index (κ1) is 15.3. The number of hydrogen-bond acceptors (Lipinski definition) is 3. The Morgan fingerprint density at radius 2 is 1.90 bits per heavy atom. The van der Waals surface area contributed by atoms with Crippen LogP contribution in [-0.4, -0.2) is 15.5 Å². The highest BCUT2D eigenvalue weighted by molar-refractivity contribution is 6.30. The van der Waals surface area contributed by atoms with Crippen molar-refractivity contribution >= 4 is 23.2 Å². The lowest BCUT2D eigenvalue weighted by Crippen LogP contribution is -2.34. The molecule has 2 rings (SSSR count). The highest BCUT2D eigenvalue weighted by Crippen LogP contribution is 2.15. The average molecular weight is 306 g/mol. The zero-order chi connectivity index (χ0) is 15.6. The zero-order valence-corrected chi connectivity index (χ0v) is 12.8. The van der Waals surface area contributed by atoms with Crippen molar-refractivity contribution in [2.45, 2.75) is 26.8 Å². The van der Waals surface area contributed by atoms with Crippen LogP contribution in [0.25, 0.3) is 0 Å². The summed E-state index contributed by atoms with van der Waals surface area (Å²) in [6.45, 7) is 5.19. The average Bonchev–Trinajstić information content (AvgIpc) is 2.40. The summed E-state index contributed by atoms with van der Waals surface area (Å²) in [5.74, 6) is -0.284. The Kier molecular flexibility index (Phi) is 4.43. The molecule has 0 bridgehead atoms. The van der Waals surface area contributed by atoms with E-state index in [-0.39, 0.29) is 5.91 Å². The van der Waals surface area contributed by atoms with Crippen molar-refractivity contribution in [3.63, 3.8) is 0 Å². The van der Waals surface area contributed by atoms with Crippen molar-refractivity contribution in [3.8, 4) is 0 Å². The number of nitrogens with zero attached hydrogens (tertiary/aromatic N) is 2. The van der Waals surface area contributed by atoms with Gasteiger partial charge in [-0.3, -0.25) is 9.36 Å². The van der Waals surface area contributed by atoms with Crippen molar-refractivity contribution in [1.82, 2.24) is 9.55 Å². The molecular formula is C15H16ClN3O2. The van der Waals surface area contributed by atoms with Crippen LogP contribution in [0.15, 0.2) is 35.1 Å². The van der Waals surface area contributed by atoms with Gasteiger partial charge in [0.25, 0.3) is 0 Å². The van der Waals surface area contributed by atoms with Gasteiger partial charge < -0.3 is 5.32 Å². The Labute approximate surface area is 127 Å². The molecule has 1 aromatic heterocycles. The summed E-state index contributed by atoms with van der Waals surface area (Å²) in [5.41, 5.74) is 1.54. The van der Waals surface area contributed by atoms with Gasteiger partial charge in [-0.05, 0) is 51.1 Å². The van der Waals surface area contributed by atoms with E-state index in [0.29, 0.717) is 22.1 Å². The molecule has 0 aliphatic rings. The molecular weight excluding hydrogens is 290 g/mol. The standard InChI is InChI=1S/C15H16ClN3O2/c1-9-8-10(2)19(15(21)17-9)11(3)14(20)18-13-6-4-12(16)5-7-13/h4-8,11H,1-3H3,(H,18,20). The van der Waals surface area contributed by atoms with E-state index < -0.39 is 11.7 Å². The zero-order valence-electron chi connectivity index (χ0n) is 12.1. The van der Waals surface area contributed by atoms with E-state index in [4.69, 9.17) is 11.6 Å². The van der Waals surface area contributed by atoms with E-state index in [1.165, 1.54) is 4.57 Å². The fraction of sp³-hybridized carbons (Fsp3) is 0.267. The highest BCUT2D eigenvalue weighted by atomic mass is 35.5. The lowest BCUT2D eigenvalue weighted by Gasteiger charge is -2.17. The van der Waals surface area contributed by atoms with Crippen LogP contribution in [0.4, 0.5) is 5.69 Å². The Bertz CT molecular complexity index is 723. The smallest absolute Gasteiger partial charge is 0.324 e. The summed E-state index contributed by atoms with van der Waals surface area (Å²) < 4.78 is 1.37. The molecule has 0 fully saturated rings. The molecule has 0 saturated carbocycles. The number of aromatic nitrogens is 2. The van der Waals surface area contributed by atoms with Gasteiger partial charge in [0.15, 0.2) is 0 Å². The van der Waals surface area contributed by atoms with Gasteiger partial charge in [-0.15, -0.1) is 0 Å². The highest BCUT2D eigenvalue weighted by Gasteiger charge is 2.18. The van der Waals surface area contributed by atoms with E-state index >= 15 is 0 Å². The molecule has 6 heteroatoms. The Morgan fingerprint density at radius 1 is 1.29 bits per heavy atom. The SMILES string of the molecule is Cc1cc(C)n(C(C)C(=O)Nc2ccc(Cl)cc2)c(=O)n1. The lowest BCUT2D eigenvalue weighted by atomic mass is 10.2. The van der Waals surface area contributed by atoms with Gasteiger partial charge >= 0.3 is 5.69 Å². The molecule has 0 aliphatic carbocycles. The van der Waals surface area contributed by atoms with Gasteiger partial charge in [-0.2, -0.15) is 4.98 Å². The van der Waals surface area contributed by atoms with Crippen LogP contribution in [0.5, 0.6) is 0 Å². The van der Waals surface area contributed by atoms with Crippen molar-refractivity contribution in [3.05, 3.63) is 57.2 Å². The quantitative estimate of drug-likeness (QED) is 0.948. The molecule has 110 valence electrons. The first-order chi connectivity index (χ1) is 9.88. The summed E-state index contributed by atoms with van der Waals surface area (Å²) in [7, 11) is 0. The number of carbonyl (C=O) groups excluding carboxylic acids is 1. The van der Waals surface area contributed by atoms with Crippen LogP contribution in [-0.2, 0) is 4.79 Å². The molecule has 5 nitrogen and oxygen atoms in total. The second-order valence-corrected chi connectivity index (χ2v) is 5.30. The fourth-order valence-electron chi connectivity index (χ4n) is 2.13. The van der Waals surface area contributed by atoms with E-state index in [1.54, 1.807) is 51.1 Å². The van der Waals surface area contributed by atoms with Gasteiger partial charge in [0.2, 0.25) is 5.91 Å². The maximum Gasteiger partial charge on any atom is 0.348 e. The van der Waals surface area contributed by atoms with Gasteiger partial charge in [-0.1, -0.05) is 11.6 Å². The third-order valence-electron chi connectivity index (χ3n) is 3.15.